The van der Waals surface area contributed by atoms with E-state index in [0.29, 0.717) is 22.6 Å². The number of hydrogen-bond acceptors (Lipinski definition) is 7. The van der Waals surface area contributed by atoms with Gasteiger partial charge >= 0.3 is 0 Å². The normalized spacial score (nSPS) is 14.4. The molecule has 1 aromatic carbocycles. The molecule has 3 aromatic rings. The van der Waals surface area contributed by atoms with Gasteiger partial charge in [-0.1, -0.05) is 0 Å². The lowest BCUT2D eigenvalue weighted by molar-refractivity contribution is -0.116. The number of nitrogens with zero attached hydrogens (tertiary/aromatic N) is 3. The molecule has 3 heterocycles. The number of carbonyl (C=O) groups is 1. The van der Waals surface area contributed by atoms with Gasteiger partial charge in [0.05, 0.1) is 24.0 Å². The van der Waals surface area contributed by atoms with E-state index in [2.05, 4.69) is 25.8 Å². The maximum Gasteiger partial charge on any atom is 0.245 e. The van der Waals surface area contributed by atoms with Gasteiger partial charge in [-0.25, -0.2) is 13.4 Å². The quantitative estimate of drug-likeness (QED) is 0.571. The Labute approximate surface area is 166 Å². The first-order valence-electron chi connectivity index (χ1n) is 8.74. The number of thiazole rings is 1. The molecular formula is C17H20N6O3S2. The molecule has 1 aliphatic heterocycles. The van der Waals surface area contributed by atoms with Crippen LogP contribution in [0.1, 0.15) is 16.1 Å². The van der Waals surface area contributed by atoms with Crippen molar-refractivity contribution >= 4 is 43.3 Å². The fourth-order valence-corrected chi connectivity index (χ4v) is 5.54. The van der Waals surface area contributed by atoms with E-state index in [1.165, 1.54) is 18.4 Å². The van der Waals surface area contributed by atoms with E-state index in [4.69, 9.17) is 0 Å². The van der Waals surface area contributed by atoms with Crippen molar-refractivity contribution in [3.05, 3.63) is 34.5 Å². The summed E-state index contributed by atoms with van der Waals surface area (Å²) in [7, 11) is -2.49. The summed E-state index contributed by atoms with van der Waals surface area (Å²) in [5.74, 6) is -0.432. The second-order valence-electron chi connectivity index (χ2n) is 6.72. The molecule has 28 heavy (non-hydrogen) atoms. The molecular weight excluding hydrogens is 400 g/mol. The van der Waals surface area contributed by atoms with Crippen LogP contribution in [0.3, 0.4) is 0 Å². The standard InChI is InChI=1S/C17H20N6O3S2/c1-10-5-11-7-19-22-16(11)14(6-10)28(25,26)23(2)9-15(24)21-17-20-12-8-18-4-3-13(12)27-17/h5-7,18H,3-4,8-9H2,1-2H3,(H,19,22)(H,20,21,24). The van der Waals surface area contributed by atoms with E-state index in [-0.39, 0.29) is 11.4 Å². The predicted molar refractivity (Wildman–Crippen MR) is 107 cm³/mol. The van der Waals surface area contributed by atoms with Gasteiger partial charge in [0, 0.05) is 30.4 Å². The van der Waals surface area contributed by atoms with E-state index in [9.17, 15) is 13.2 Å². The summed E-state index contributed by atoms with van der Waals surface area (Å²) >= 11 is 1.44. The van der Waals surface area contributed by atoms with Gasteiger partial charge < -0.3 is 10.6 Å². The highest BCUT2D eigenvalue weighted by Crippen LogP contribution is 2.27. The van der Waals surface area contributed by atoms with Crippen LogP contribution in [-0.2, 0) is 27.8 Å². The van der Waals surface area contributed by atoms with E-state index >= 15 is 0 Å². The Morgan fingerprint density at radius 3 is 3.00 bits per heavy atom. The Morgan fingerprint density at radius 1 is 1.39 bits per heavy atom. The van der Waals surface area contributed by atoms with Crippen LogP contribution < -0.4 is 10.6 Å². The number of benzene rings is 1. The van der Waals surface area contributed by atoms with Crippen LogP contribution in [0.4, 0.5) is 5.13 Å². The molecule has 9 nitrogen and oxygen atoms in total. The fourth-order valence-electron chi connectivity index (χ4n) is 3.16. The number of hydrogen-bond donors (Lipinski definition) is 3. The molecule has 4 rings (SSSR count). The Balaban J connectivity index is 1.51. The maximum atomic E-state index is 13.0. The zero-order chi connectivity index (χ0) is 19.9. The third-order valence-electron chi connectivity index (χ3n) is 4.56. The number of aromatic amines is 1. The molecule has 148 valence electrons. The average molecular weight is 421 g/mol. The number of sulfonamides is 1. The first kappa shape index (κ1) is 19.0. The topological polar surface area (TPSA) is 120 Å². The Hall–Kier alpha value is -2.34. The summed E-state index contributed by atoms with van der Waals surface area (Å²) in [5.41, 5.74) is 2.17. The van der Waals surface area contributed by atoms with Crippen molar-refractivity contribution in [1.82, 2.24) is 24.8 Å². The molecule has 1 aliphatic rings. The smallest absolute Gasteiger partial charge is 0.245 e. The van der Waals surface area contributed by atoms with Gasteiger partial charge in [-0.15, -0.1) is 11.3 Å². The van der Waals surface area contributed by atoms with Crippen LogP contribution in [0.2, 0.25) is 0 Å². The summed E-state index contributed by atoms with van der Waals surface area (Å²) < 4.78 is 27.1. The number of likely N-dealkylation sites (N-methyl/N-ethyl adjacent to an activating group) is 1. The second kappa shape index (κ2) is 7.24. The number of fused-ring (bicyclic) bond motifs is 2. The zero-order valence-corrected chi connectivity index (χ0v) is 17.1. The minimum atomic E-state index is -3.87. The Bertz CT molecular complexity index is 1130. The van der Waals surface area contributed by atoms with Gasteiger partial charge in [-0.3, -0.25) is 9.89 Å². The number of H-pyrrole nitrogens is 1. The summed E-state index contributed by atoms with van der Waals surface area (Å²) in [5, 5.41) is 13.8. The van der Waals surface area contributed by atoms with Crippen LogP contribution >= 0.6 is 11.3 Å². The largest absolute Gasteiger partial charge is 0.311 e. The van der Waals surface area contributed by atoms with Gasteiger partial charge in [-0.05, 0) is 31.0 Å². The monoisotopic (exact) mass is 420 g/mol. The summed E-state index contributed by atoms with van der Waals surface area (Å²) in [6.45, 7) is 3.08. The van der Waals surface area contributed by atoms with Crippen molar-refractivity contribution in [1.29, 1.82) is 0 Å². The highest BCUT2D eigenvalue weighted by molar-refractivity contribution is 7.89. The zero-order valence-electron chi connectivity index (χ0n) is 15.4. The lowest BCUT2D eigenvalue weighted by Gasteiger charge is -2.17. The molecule has 0 saturated heterocycles. The van der Waals surface area contributed by atoms with Gasteiger partial charge in [0.25, 0.3) is 0 Å². The number of anilines is 1. The third kappa shape index (κ3) is 3.53. The van der Waals surface area contributed by atoms with Crippen LogP contribution in [0.25, 0.3) is 10.9 Å². The van der Waals surface area contributed by atoms with Crippen molar-refractivity contribution in [3.8, 4) is 0 Å². The van der Waals surface area contributed by atoms with E-state index in [1.807, 2.05) is 13.0 Å². The molecule has 0 unspecified atom stereocenters. The predicted octanol–water partition coefficient (Wildman–Crippen LogP) is 1.23. The van der Waals surface area contributed by atoms with Crippen molar-refractivity contribution in [2.24, 2.45) is 0 Å². The van der Waals surface area contributed by atoms with E-state index in [1.54, 1.807) is 12.3 Å². The van der Waals surface area contributed by atoms with Crippen molar-refractivity contribution in [3.63, 3.8) is 0 Å². The molecule has 2 aromatic heterocycles. The van der Waals surface area contributed by atoms with Gasteiger partial charge in [0.1, 0.15) is 4.90 Å². The average Bonchev–Trinajstić information content (AvgIpc) is 3.26. The van der Waals surface area contributed by atoms with Crippen LogP contribution in [0.15, 0.2) is 23.2 Å². The second-order valence-corrected chi connectivity index (χ2v) is 9.82. The number of amides is 1. The van der Waals surface area contributed by atoms with Crippen molar-refractivity contribution < 1.29 is 13.2 Å². The molecule has 0 fully saturated rings. The number of aryl methyl sites for hydroxylation is 1. The number of aromatic nitrogens is 3. The van der Waals surface area contributed by atoms with Crippen LogP contribution in [0, 0.1) is 6.92 Å². The van der Waals surface area contributed by atoms with E-state index in [0.717, 1.165) is 33.4 Å². The first-order valence-corrected chi connectivity index (χ1v) is 11.0. The molecule has 0 radical (unpaired) electrons. The maximum absolute atomic E-state index is 13.0. The molecule has 0 bridgehead atoms. The fraction of sp³-hybridized carbons (Fsp3) is 0.353. The summed E-state index contributed by atoms with van der Waals surface area (Å²) in [6, 6.07) is 3.43. The first-order chi connectivity index (χ1) is 13.3. The Kier molecular flexibility index (Phi) is 4.91. The number of carbonyl (C=O) groups excluding carboxylic acids is 1. The van der Waals surface area contributed by atoms with Crippen molar-refractivity contribution in [2.75, 3.05) is 25.5 Å². The summed E-state index contributed by atoms with van der Waals surface area (Å²) in [4.78, 5) is 18.1. The molecule has 0 atom stereocenters. The van der Waals surface area contributed by atoms with Gasteiger partial charge in [0.15, 0.2) is 5.13 Å². The lowest BCUT2D eigenvalue weighted by atomic mass is 10.2. The SMILES string of the molecule is Cc1cc(S(=O)(=O)N(C)CC(=O)Nc2nc3c(s2)CCNC3)c2[nH]ncc2c1. The molecule has 0 spiro atoms. The van der Waals surface area contributed by atoms with Crippen molar-refractivity contribution in [2.45, 2.75) is 24.8 Å². The minimum absolute atomic E-state index is 0.103. The molecule has 3 N–H and O–H groups in total. The third-order valence-corrected chi connectivity index (χ3v) is 7.46. The highest BCUT2D eigenvalue weighted by Gasteiger charge is 2.26. The van der Waals surface area contributed by atoms with Crippen LogP contribution in [0.5, 0.6) is 0 Å². The molecule has 1 amide bonds. The van der Waals surface area contributed by atoms with Gasteiger partial charge in [-0.2, -0.15) is 9.40 Å². The number of rotatable bonds is 5. The highest BCUT2D eigenvalue weighted by atomic mass is 32.2. The Morgan fingerprint density at radius 2 is 2.21 bits per heavy atom. The molecule has 0 aliphatic carbocycles. The van der Waals surface area contributed by atoms with Gasteiger partial charge in [0.2, 0.25) is 15.9 Å². The van der Waals surface area contributed by atoms with E-state index < -0.39 is 15.9 Å². The van der Waals surface area contributed by atoms with Crippen LogP contribution in [-0.4, -0.2) is 53.9 Å². The molecule has 0 saturated carbocycles. The lowest BCUT2D eigenvalue weighted by Crippen LogP contribution is -2.35. The summed E-state index contributed by atoms with van der Waals surface area (Å²) in [6.07, 6.45) is 2.46. The minimum Gasteiger partial charge on any atom is -0.311 e. The molecule has 11 heteroatoms. The number of nitrogens with one attached hydrogen (secondary N) is 3.